The molecular formula is C14H16O2. The van der Waals surface area contributed by atoms with Gasteiger partial charge in [-0.3, -0.25) is 4.79 Å². The van der Waals surface area contributed by atoms with Gasteiger partial charge in [-0.05, 0) is 24.5 Å². The molecule has 0 spiro atoms. The number of rotatable bonds is 5. The van der Waals surface area contributed by atoms with E-state index >= 15 is 0 Å². The topological polar surface area (TPSA) is 37.3 Å². The summed E-state index contributed by atoms with van der Waals surface area (Å²) in [5.41, 5.74) is 2.21. The maximum atomic E-state index is 10.7. The van der Waals surface area contributed by atoms with E-state index in [1.165, 1.54) is 13.0 Å². The van der Waals surface area contributed by atoms with Gasteiger partial charge in [0.05, 0.1) is 5.76 Å². The van der Waals surface area contributed by atoms with Crippen LogP contribution in [-0.4, -0.2) is 10.9 Å². The molecule has 1 rings (SSSR count). The van der Waals surface area contributed by atoms with Crippen molar-refractivity contribution in [2.45, 2.75) is 19.8 Å². The standard InChI is InChI=1S/C14H16O2/c1-3-12-4-6-13(7-5-12)8-9-14(16)10-11(2)15/h3-7,10,16H,1,8-9H2,2H3/b14-10-. The highest BCUT2D eigenvalue weighted by Gasteiger charge is 1.98. The van der Waals surface area contributed by atoms with E-state index in [-0.39, 0.29) is 11.5 Å². The predicted octanol–water partition coefficient (Wildman–Crippen LogP) is 3.29. The molecule has 1 aromatic carbocycles. The molecule has 2 nitrogen and oxygen atoms in total. The molecule has 0 saturated heterocycles. The Bertz CT molecular complexity index is 399. The van der Waals surface area contributed by atoms with E-state index in [1.54, 1.807) is 6.08 Å². The summed E-state index contributed by atoms with van der Waals surface area (Å²) in [6.07, 6.45) is 4.27. The van der Waals surface area contributed by atoms with Crippen LogP contribution in [0.4, 0.5) is 0 Å². The number of carbonyl (C=O) groups is 1. The van der Waals surface area contributed by atoms with Crippen LogP contribution >= 0.6 is 0 Å². The fourth-order valence-corrected chi connectivity index (χ4v) is 1.40. The van der Waals surface area contributed by atoms with Gasteiger partial charge in [-0.2, -0.15) is 0 Å². The first-order valence-corrected chi connectivity index (χ1v) is 5.23. The van der Waals surface area contributed by atoms with Crippen molar-refractivity contribution < 1.29 is 9.90 Å². The van der Waals surface area contributed by atoms with Crippen LogP contribution in [0.5, 0.6) is 0 Å². The molecule has 0 aliphatic carbocycles. The minimum Gasteiger partial charge on any atom is -0.512 e. The molecule has 0 aromatic heterocycles. The third kappa shape index (κ3) is 4.13. The third-order valence-electron chi connectivity index (χ3n) is 2.26. The van der Waals surface area contributed by atoms with E-state index in [9.17, 15) is 9.90 Å². The summed E-state index contributed by atoms with van der Waals surface area (Å²) in [4.78, 5) is 10.7. The molecule has 0 aliphatic heterocycles. The van der Waals surface area contributed by atoms with Crippen molar-refractivity contribution in [2.75, 3.05) is 0 Å². The summed E-state index contributed by atoms with van der Waals surface area (Å²) >= 11 is 0. The van der Waals surface area contributed by atoms with E-state index in [1.807, 2.05) is 24.3 Å². The van der Waals surface area contributed by atoms with Crippen molar-refractivity contribution in [1.82, 2.24) is 0 Å². The number of carbonyl (C=O) groups excluding carboxylic acids is 1. The summed E-state index contributed by atoms with van der Waals surface area (Å²) in [6.45, 7) is 5.11. The lowest BCUT2D eigenvalue weighted by Crippen LogP contribution is -1.92. The van der Waals surface area contributed by atoms with Crippen LogP contribution < -0.4 is 0 Å². The van der Waals surface area contributed by atoms with Crippen LogP contribution in [0.15, 0.2) is 42.7 Å². The Labute approximate surface area is 95.9 Å². The molecular weight excluding hydrogens is 200 g/mol. The van der Waals surface area contributed by atoms with Crippen molar-refractivity contribution in [1.29, 1.82) is 0 Å². The monoisotopic (exact) mass is 216 g/mol. The number of ketones is 1. The second kappa shape index (κ2) is 5.91. The molecule has 0 heterocycles. The van der Waals surface area contributed by atoms with Crippen LogP contribution in [0.2, 0.25) is 0 Å². The highest BCUT2D eigenvalue weighted by Crippen LogP contribution is 2.10. The average Bonchev–Trinajstić information content (AvgIpc) is 2.26. The molecule has 84 valence electrons. The van der Waals surface area contributed by atoms with Crippen molar-refractivity contribution in [3.05, 3.63) is 53.8 Å². The molecule has 0 aliphatic rings. The molecule has 1 aromatic rings. The van der Waals surface area contributed by atoms with E-state index in [0.717, 1.165) is 17.5 Å². The quantitative estimate of drug-likeness (QED) is 0.605. The van der Waals surface area contributed by atoms with Crippen LogP contribution in [0.3, 0.4) is 0 Å². The number of hydrogen-bond acceptors (Lipinski definition) is 2. The van der Waals surface area contributed by atoms with Crippen molar-refractivity contribution in [3.63, 3.8) is 0 Å². The van der Waals surface area contributed by atoms with Crippen LogP contribution in [0.1, 0.15) is 24.5 Å². The van der Waals surface area contributed by atoms with Gasteiger partial charge in [0.2, 0.25) is 0 Å². The van der Waals surface area contributed by atoms with Gasteiger partial charge in [0.15, 0.2) is 5.78 Å². The zero-order valence-electron chi connectivity index (χ0n) is 9.44. The molecule has 0 fully saturated rings. The molecule has 0 unspecified atom stereocenters. The van der Waals surface area contributed by atoms with Gasteiger partial charge in [-0.25, -0.2) is 0 Å². The van der Waals surface area contributed by atoms with Gasteiger partial charge in [-0.1, -0.05) is 36.9 Å². The Morgan fingerprint density at radius 1 is 1.38 bits per heavy atom. The Kier molecular flexibility index (Phi) is 4.52. The first-order valence-electron chi connectivity index (χ1n) is 5.23. The number of benzene rings is 1. The molecule has 0 amide bonds. The number of hydrogen-bond donors (Lipinski definition) is 1. The Morgan fingerprint density at radius 2 is 2.00 bits per heavy atom. The lowest BCUT2D eigenvalue weighted by Gasteiger charge is -2.01. The van der Waals surface area contributed by atoms with E-state index in [2.05, 4.69) is 6.58 Å². The molecule has 0 bridgehead atoms. The summed E-state index contributed by atoms with van der Waals surface area (Å²) < 4.78 is 0. The van der Waals surface area contributed by atoms with Crippen molar-refractivity contribution >= 4 is 11.9 Å². The van der Waals surface area contributed by atoms with Crippen molar-refractivity contribution in [2.24, 2.45) is 0 Å². The Balaban J connectivity index is 2.54. The van der Waals surface area contributed by atoms with Gasteiger partial charge in [-0.15, -0.1) is 0 Å². The zero-order chi connectivity index (χ0) is 12.0. The second-order valence-electron chi connectivity index (χ2n) is 3.69. The van der Waals surface area contributed by atoms with Gasteiger partial charge < -0.3 is 5.11 Å². The van der Waals surface area contributed by atoms with Crippen LogP contribution in [0.25, 0.3) is 6.08 Å². The summed E-state index contributed by atoms with van der Waals surface area (Å²) in [6, 6.07) is 7.96. The van der Waals surface area contributed by atoms with Gasteiger partial charge in [0.25, 0.3) is 0 Å². The number of aliphatic hydroxyl groups excluding tert-OH is 1. The minimum atomic E-state index is -0.125. The fourth-order valence-electron chi connectivity index (χ4n) is 1.40. The Morgan fingerprint density at radius 3 is 2.50 bits per heavy atom. The maximum absolute atomic E-state index is 10.7. The third-order valence-corrected chi connectivity index (χ3v) is 2.26. The lowest BCUT2D eigenvalue weighted by molar-refractivity contribution is -0.112. The van der Waals surface area contributed by atoms with E-state index in [4.69, 9.17) is 0 Å². The zero-order valence-corrected chi connectivity index (χ0v) is 9.44. The SMILES string of the molecule is C=Cc1ccc(CC/C(O)=C/C(C)=O)cc1. The van der Waals surface area contributed by atoms with Gasteiger partial charge in [0, 0.05) is 12.5 Å². The molecule has 1 N–H and O–H groups in total. The van der Waals surface area contributed by atoms with E-state index < -0.39 is 0 Å². The first-order chi connectivity index (χ1) is 7.61. The Hall–Kier alpha value is -1.83. The highest BCUT2D eigenvalue weighted by molar-refractivity contribution is 5.87. The van der Waals surface area contributed by atoms with Gasteiger partial charge in [0.1, 0.15) is 0 Å². The molecule has 0 saturated carbocycles. The van der Waals surface area contributed by atoms with Crippen LogP contribution in [-0.2, 0) is 11.2 Å². The number of aryl methyl sites for hydroxylation is 1. The molecule has 16 heavy (non-hydrogen) atoms. The normalized spacial score (nSPS) is 11.2. The summed E-state index contributed by atoms with van der Waals surface area (Å²) in [7, 11) is 0. The largest absolute Gasteiger partial charge is 0.512 e. The average molecular weight is 216 g/mol. The van der Waals surface area contributed by atoms with E-state index in [0.29, 0.717) is 6.42 Å². The highest BCUT2D eigenvalue weighted by atomic mass is 16.3. The fraction of sp³-hybridized carbons (Fsp3) is 0.214. The number of allylic oxidation sites excluding steroid dienone is 2. The second-order valence-corrected chi connectivity index (χ2v) is 3.69. The van der Waals surface area contributed by atoms with Crippen LogP contribution in [0, 0.1) is 0 Å². The maximum Gasteiger partial charge on any atom is 0.155 e. The molecule has 0 atom stereocenters. The number of aliphatic hydroxyl groups is 1. The molecule has 2 heteroatoms. The molecule has 0 radical (unpaired) electrons. The first kappa shape index (κ1) is 12.2. The predicted molar refractivity (Wildman–Crippen MR) is 66.2 cm³/mol. The minimum absolute atomic E-state index is 0.125. The lowest BCUT2D eigenvalue weighted by atomic mass is 10.1. The smallest absolute Gasteiger partial charge is 0.155 e. The van der Waals surface area contributed by atoms with Gasteiger partial charge >= 0.3 is 0 Å². The summed E-state index contributed by atoms with van der Waals surface area (Å²) in [5.74, 6) is 0.0137. The van der Waals surface area contributed by atoms with Crippen molar-refractivity contribution in [3.8, 4) is 0 Å². The summed E-state index contributed by atoms with van der Waals surface area (Å²) in [5, 5.41) is 9.41.